The number of non-ortho nitro benzene ring substituents is 1. The Labute approximate surface area is 151 Å². The summed E-state index contributed by atoms with van der Waals surface area (Å²) in [6.45, 7) is 5.96. The van der Waals surface area contributed by atoms with Crippen molar-refractivity contribution >= 4 is 23.3 Å². The summed E-state index contributed by atoms with van der Waals surface area (Å²) < 4.78 is 11.3. The SMILES string of the molecule is Cc1ccc([N+](=O)[O-])cc1NC(=O)[C@H]1CC(=O)O[C@]12CCOC(C)(C)C2. The average Bonchev–Trinajstić information content (AvgIpc) is 2.83. The van der Waals surface area contributed by atoms with Crippen LogP contribution >= 0.6 is 0 Å². The molecule has 0 saturated carbocycles. The highest BCUT2D eigenvalue weighted by Gasteiger charge is 2.56. The van der Waals surface area contributed by atoms with Crippen molar-refractivity contribution in [3.05, 3.63) is 33.9 Å². The summed E-state index contributed by atoms with van der Waals surface area (Å²) in [6, 6.07) is 4.29. The Kier molecular flexibility index (Phi) is 4.47. The van der Waals surface area contributed by atoms with E-state index in [1.807, 2.05) is 13.8 Å². The van der Waals surface area contributed by atoms with Crippen LogP contribution in [0.1, 0.15) is 38.7 Å². The van der Waals surface area contributed by atoms with Crippen LogP contribution < -0.4 is 5.32 Å². The molecular formula is C18H22N2O6. The highest BCUT2D eigenvalue weighted by atomic mass is 16.6. The van der Waals surface area contributed by atoms with E-state index in [1.165, 1.54) is 12.1 Å². The van der Waals surface area contributed by atoms with E-state index in [0.717, 1.165) is 0 Å². The van der Waals surface area contributed by atoms with Crippen molar-refractivity contribution in [2.75, 3.05) is 11.9 Å². The Bertz CT molecular complexity index is 775. The molecule has 1 N–H and O–H groups in total. The van der Waals surface area contributed by atoms with Crippen LogP contribution in [0.4, 0.5) is 11.4 Å². The lowest BCUT2D eigenvalue weighted by Gasteiger charge is -2.43. The van der Waals surface area contributed by atoms with Gasteiger partial charge in [0.25, 0.3) is 5.69 Å². The van der Waals surface area contributed by atoms with Gasteiger partial charge < -0.3 is 14.8 Å². The zero-order valence-electron chi connectivity index (χ0n) is 15.0. The van der Waals surface area contributed by atoms with Crippen molar-refractivity contribution in [1.82, 2.24) is 0 Å². The monoisotopic (exact) mass is 362 g/mol. The summed E-state index contributed by atoms with van der Waals surface area (Å²) >= 11 is 0. The van der Waals surface area contributed by atoms with Crippen molar-refractivity contribution in [2.45, 2.75) is 51.2 Å². The molecule has 2 atom stereocenters. The zero-order valence-corrected chi connectivity index (χ0v) is 15.0. The van der Waals surface area contributed by atoms with Crippen LogP contribution in [0.2, 0.25) is 0 Å². The molecule has 0 radical (unpaired) electrons. The smallest absolute Gasteiger partial charge is 0.307 e. The van der Waals surface area contributed by atoms with Gasteiger partial charge in [-0.3, -0.25) is 19.7 Å². The van der Waals surface area contributed by atoms with Gasteiger partial charge in [0, 0.05) is 25.0 Å². The third-order valence-corrected chi connectivity index (χ3v) is 5.07. The first-order valence-electron chi connectivity index (χ1n) is 8.54. The molecule has 2 aliphatic heterocycles. The molecule has 0 aromatic heterocycles. The third kappa shape index (κ3) is 3.41. The number of nitro benzene ring substituents is 1. The fourth-order valence-electron chi connectivity index (χ4n) is 3.85. The Hall–Kier alpha value is -2.48. The first kappa shape index (κ1) is 18.3. The van der Waals surface area contributed by atoms with Gasteiger partial charge in [-0.05, 0) is 26.3 Å². The maximum Gasteiger partial charge on any atom is 0.307 e. The van der Waals surface area contributed by atoms with Gasteiger partial charge in [-0.25, -0.2) is 0 Å². The quantitative estimate of drug-likeness (QED) is 0.503. The number of amides is 1. The van der Waals surface area contributed by atoms with Gasteiger partial charge in [0.2, 0.25) is 5.91 Å². The number of nitrogens with one attached hydrogen (secondary N) is 1. The number of nitrogens with zero attached hydrogens (tertiary/aromatic N) is 1. The summed E-state index contributed by atoms with van der Waals surface area (Å²) in [4.78, 5) is 35.4. The van der Waals surface area contributed by atoms with Gasteiger partial charge in [0.1, 0.15) is 5.60 Å². The van der Waals surface area contributed by atoms with Crippen molar-refractivity contribution in [1.29, 1.82) is 0 Å². The highest BCUT2D eigenvalue weighted by molar-refractivity contribution is 5.97. The van der Waals surface area contributed by atoms with Crippen molar-refractivity contribution in [2.24, 2.45) is 5.92 Å². The van der Waals surface area contributed by atoms with Crippen LogP contribution in [-0.4, -0.2) is 34.6 Å². The van der Waals surface area contributed by atoms with Gasteiger partial charge in [-0.15, -0.1) is 0 Å². The number of carbonyl (C=O) groups excluding carboxylic acids is 2. The molecule has 2 aliphatic rings. The van der Waals surface area contributed by atoms with Crippen LogP contribution in [0.25, 0.3) is 0 Å². The highest BCUT2D eigenvalue weighted by Crippen LogP contribution is 2.46. The third-order valence-electron chi connectivity index (χ3n) is 5.07. The Morgan fingerprint density at radius 2 is 2.12 bits per heavy atom. The van der Waals surface area contributed by atoms with Crippen LogP contribution in [0.3, 0.4) is 0 Å². The molecule has 8 nitrogen and oxygen atoms in total. The number of carbonyl (C=O) groups is 2. The van der Waals surface area contributed by atoms with Crippen LogP contribution in [0, 0.1) is 23.0 Å². The van der Waals surface area contributed by atoms with Gasteiger partial charge in [0.15, 0.2) is 0 Å². The lowest BCUT2D eigenvalue weighted by molar-refractivity contribution is -0.384. The average molecular weight is 362 g/mol. The molecule has 2 heterocycles. The molecule has 1 spiro atoms. The minimum absolute atomic E-state index is 0.00408. The maximum atomic E-state index is 12.9. The topological polar surface area (TPSA) is 108 Å². The standard InChI is InChI=1S/C18H22N2O6/c1-11-4-5-12(20(23)24)8-14(11)19-16(22)13-9-15(21)26-18(13)6-7-25-17(2,3)10-18/h4-5,8,13H,6-7,9-10H2,1-3H3,(H,19,22)/t13-,18+/m1/s1. The zero-order chi connectivity index (χ0) is 19.1. The number of esters is 1. The van der Waals surface area contributed by atoms with E-state index in [1.54, 1.807) is 13.0 Å². The Morgan fingerprint density at radius 3 is 2.77 bits per heavy atom. The van der Waals surface area contributed by atoms with Crippen molar-refractivity contribution in [3.63, 3.8) is 0 Å². The number of ether oxygens (including phenoxy) is 2. The second-order valence-electron chi connectivity index (χ2n) is 7.58. The van der Waals surface area contributed by atoms with E-state index in [2.05, 4.69) is 5.32 Å². The molecule has 1 amide bonds. The van der Waals surface area contributed by atoms with Crippen LogP contribution in [-0.2, 0) is 19.1 Å². The normalized spacial score (nSPS) is 27.2. The number of hydrogen-bond donors (Lipinski definition) is 1. The molecule has 8 heteroatoms. The van der Waals surface area contributed by atoms with E-state index in [9.17, 15) is 19.7 Å². The van der Waals surface area contributed by atoms with E-state index >= 15 is 0 Å². The first-order valence-corrected chi connectivity index (χ1v) is 8.54. The largest absolute Gasteiger partial charge is 0.458 e. The first-order chi connectivity index (χ1) is 12.1. The predicted molar refractivity (Wildman–Crippen MR) is 92.7 cm³/mol. The van der Waals surface area contributed by atoms with E-state index in [0.29, 0.717) is 30.7 Å². The van der Waals surface area contributed by atoms with E-state index in [4.69, 9.17) is 9.47 Å². The lowest BCUT2D eigenvalue weighted by Crippen LogP contribution is -2.52. The molecule has 1 aromatic rings. The summed E-state index contributed by atoms with van der Waals surface area (Å²) in [5.74, 6) is -1.42. The summed E-state index contributed by atoms with van der Waals surface area (Å²) in [5.41, 5.74) is -0.424. The minimum Gasteiger partial charge on any atom is -0.458 e. The lowest BCUT2D eigenvalue weighted by atomic mass is 9.75. The molecule has 140 valence electrons. The summed E-state index contributed by atoms with van der Waals surface area (Å²) in [5, 5.41) is 13.7. The van der Waals surface area contributed by atoms with Crippen LogP contribution in [0.5, 0.6) is 0 Å². The van der Waals surface area contributed by atoms with Gasteiger partial charge in [0.05, 0.1) is 35.2 Å². The summed E-state index contributed by atoms with van der Waals surface area (Å²) in [7, 11) is 0. The van der Waals surface area contributed by atoms with Crippen molar-refractivity contribution in [3.8, 4) is 0 Å². The second kappa shape index (κ2) is 6.35. The number of anilines is 1. The number of hydrogen-bond acceptors (Lipinski definition) is 6. The molecule has 26 heavy (non-hydrogen) atoms. The van der Waals surface area contributed by atoms with E-state index in [-0.39, 0.29) is 18.0 Å². The molecular weight excluding hydrogens is 340 g/mol. The van der Waals surface area contributed by atoms with Gasteiger partial charge >= 0.3 is 5.97 Å². The van der Waals surface area contributed by atoms with Gasteiger partial charge in [-0.2, -0.15) is 0 Å². The molecule has 0 bridgehead atoms. The van der Waals surface area contributed by atoms with Gasteiger partial charge in [-0.1, -0.05) is 6.07 Å². The summed E-state index contributed by atoms with van der Waals surface area (Å²) in [6.07, 6.45) is 0.877. The fraction of sp³-hybridized carbons (Fsp3) is 0.556. The number of aryl methyl sites for hydroxylation is 1. The molecule has 2 fully saturated rings. The Balaban J connectivity index is 1.86. The maximum absolute atomic E-state index is 12.9. The second-order valence-corrected chi connectivity index (χ2v) is 7.58. The molecule has 0 unspecified atom stereocenters. The van der Waals surface area contributed by atoms with Crippen molar-refractivity contribution < 1.29 is 24.0 Å². The van der Waals surface area contributed by atoms with Crippen LogP contribution in [0.15, 0.2) is 18.2 Å². The number of nitro groups is 1. The molecule has 0 aliphatic carbocycles. The minimum atomic E-state index is -0.891. The molecule has 1 aromatic carbocycles. The predicted octanol–water partition coefficient (Wildman–Crippen LogP) is 2.73. The molecule has 3 rings (SSSR count). The number of benzene rings is 1. The Morgan fingerprint density at radius 1 is 1.38 bits per heavy atom. The van der Waals surface area contributed by atoms with E-state index < -0.39 is 28.0 Å². The fourth-order valence-corrected chi connectivity index (χ4v) is 3.85. The number of rotatable bonds is 3. The molecule has 2 saturated heterocycles.